The van der Waals surface area contributed by atoms with Gasteiger partial charge in [0.1, 0.15) is 11.9 Å². The number of amides is 2. The maximum Gasteiger partial charge on any atom is 0.407 e. The summed E-state index contributed by atoms with van der Waals surface area (Å²) >= 11 is 0. The standard InChI is InChI=1S/C35H46N6O3/c1-36-35(43)44-32-16-11-26(12-17-32)34(42)40(31-6-4-5-27(19-31)29-21-38-41(23-29)30-14-15-30)22-24-7-9-25(10-8-24)28-13-18-33(37-20-28)39(2)3/h4-6,13,18-21,23-26,30,32H,7-12,14-17,22H2,1-3H3,(H,36,43). The lowest BCUT2D eigenvalue weighted by molar-refractivity contribution is -0.124. The summed E-state index contributed by atoms with van der Waals surface area (Å²) < 4.78 is 7.57. The number of carbonyl (C=O) groups excluding carboxylic acids is 2. The van der Waals surface area contributed by atoms with E-state index in [2.05, 4.69) is 67.6 Å². The third-order valence-corrected chi connectivity index (χ3v) is 9.77. The van der Waals surface area contributed by atoms with Crippen molar-refractivity contribution in [3.8, 4) is 11.1 Å². The number of hydrogen-bond donors (Lipinski definition) is 1. The van der Waals surface area contributed by atoms with Crippen molar-refractivity contribution in [2.45, 2.75) is 82.3 Å². The molecular formula is C35H46N6O3. The van der Waals surface area contributed by atoms with E-state index in [0.717, 1.165) is 67.7 Å². The molecule has 0 radical (unpaired) electrons. The first-order valence-electron chi connectivity index (χ1n) is 16.4. The van der Waals surface area contributed by atoms with Crippen LogP contribution in [0.25, 0.3) is 11.1 Å². The van der Waals surface area contributed by atoms with E-state index in [9.17, 15) is 9.59 Å². The molecule has 3 saturated carbocycles. The van der Waals surface area contributed by atoms with Crippen molar-refractivity contribution in [3.63, 3.8) is 0 Å². The van der Waals surface area contributed by atoms with Gasteiger partial charge in [0.2, 0.25) is 5.91 Å². The summed E-state index contributed by atoms with van der Waals surface area (Å²) in [5.41, 5.74) is 4.46. The van der Waals surface area contributed by atoms with Gasteiger partial charge in [0.15, 0.2) is 0 Å². The Morgan fingerprint density at radius 2 is 1.70 bits per heavy atom. The van der Waals surface area contributed by atoms with Gasteiger partial charge in [-0.2, -0.15) is 5.10 Å². The van der Waals surface area contributed by atoms with Crippen molar-refractivity contribution in [3.05, 3.63) is 60.6 Å². The van der Waals surface area contributed by atoms with E-state index < -0.39 is 6.09 Å². The number of rotatable bonds is 9. The zero-order valence-electron chi connectivity index (χ0n) is 26.3. The summed E-state index contributed by atoms with van der Waals surface area (Å²) in [7, 11) is 5.61. The molecule has 9 nitrogen and oxygen atoms in total. The van der Waals surface area contributed by atoms with Crippen molar-refractivity contribution in [2.75, 3.05) is 37.5 Å². The van der Waals surface area contributed by atoms with Crippen LogP contribution in [0.3, 0.4) is 0 Å². The third-order valence-electron chi connectivity index (χ3n) is 9.77. The number of pyridine rings is 1. The van der Waals surface area contributed by atoms with Crippen LogP contribution in [0.4, 0.5) is 16.3 Å². The van der Waals surface area contributed by atoms with Gasteiger partial charge in [-0.1, -0.05) is 18.2 Å². The molecule has 3 fully saturated rings. The van der Waals surface area contributed by atoms with Crippen molar-refractivity contribution in [2.24, 2.45) is 11.8 Å². The topological polar surface area (TPSA) is 92.6 Å². The van der Waals surface area contributed by atoms with Crippen molar-refractivity contribution >= 4 is 23.5 Å². The maximum absolute atomic E-state index is 14.3. The van der Waals surface area contributed by atoms with Crippen LogP contribution in [-0.2, 0) is 9.53 Å². The Morgan fingerprint density at radius 1 is 0.932 bits per heavy atom. The monoisotopic (exact) mass is 598 g/mol. The molecular weight excluding hydrogens is 552 g/mol. The second-order valence-electron chi connectivity index (χ2n) is 13.1. The molecule has 2 heterocycles. The van der Waals surface area contributed by atoms with Crippen LogP contribution >= 0.6 is 0 Å². The van der Waals surface area contributed by atoms with Crippen LogP contribution in [-0.4, -0.2) is 60.6 Å². The zero-order chi connectivity index (χ0) is 30.6. The summed E-state index contributed by atoms with van der Waals surface area (Å²) in [5, 5.41) is 7.13. The van der Waals surface area contributed by atoms with Gasteiger partial charge in [-0.25, -0.2) is 9.78 Å². The van der Waals surface area contributed by atoms with Gasteiger partial charge in [-0.05, 0) is 105 Å². The molecule has 6 rings (SSSR count). The second-order valence-corrected chi connectivity index (χ2v) is 13.1. The molecule has 0 bridgehead atoms. The molecule has 9 heteroatoms. The first-order chi connectivity index (χ1) is 21.4. The number of ether oxygens (including phenoxy) is 1. The number of aromatic nitrogens is 3. The molecule has 0 unspecified atom stereocenters. The Balaban J connectivity index is 1.16. The highest BCUT2D eigenvalue weighted by Gasteiger charge is 2.34. The van der Waals surface area contributed by atoms with E-state index in [1.165, 1.54) is 18.4 Å². The highest BCUT2D eigenvalue weighted by atomic mass is 16.6. The molecule has 3 aromatic rings. The van der Waals surface area contributed by atoms with E-state index in [1.54, 1.807) is 7.05 Å². The quantitative estimate of drug-likeness (QED) is 0.300. The number of nitrogens with zero attached hydrogens (tertiary/aromatic N) is 5. The number of carbonyl (C=O) groups is 2. The number of alkyl carbamates (subject to hydrolysis) is 1. The second kappa shape index (κ2) is 13.4. The van der Waals surface area contributed by atoms with Gasteiger partial charge in [-0.3, -0.25) is 9.48 Å². The first-order valence-corrected chi connectivity index (χ1v) is 16.4. The minimum absolute atomic E-state index is 0.0709. The molecule has 0 atom stereocenters. The minimum atomic E-state index is -0.400. The molecule has 1 N–H and O–H groups in total. The van der Waals surface area contributed by atoms with E-state index >= 15 is 0 Å². The molecule has 2 aromatic heterocycles. The lowest BCUT2D eigenvalue weighted by atomic mass is 9.78. The largest absolute Gasteiger partial charge is 0.446 e. The van der Waals surface area contributed by atoms with Crippen LogP contribution in [0.15, 0.2) is 55.0 Å². The maximum atomic E-state index is 14.3. The predicted octanol–water partition coefficient (Wildman–Crippen LogP) is 6.57. The van der Waals surface area contributed by atoms with Gasteiger partial charge >= 0.3 is 6.09 Å². The number of benzene rings is 1. The van der Waals surface area contributed by atoms with Crippen LogP contribution in [0.5, 0.6) is 0 Å². The summed E-state index contributed by atoms with van der Waals surface area (Å²) in [6.07, 6.45) is 15.3. The van der Waals surface area contributed by atoms with Gasteiger partial charge in [0.05, 0.1) is 12.2 Å². The van der Waals surface area contributed by atoms with E-state index in [-0.39, 0.29) is 17.9 Å². The molecule has 3 aliphatic carbocycles. The first kappa shape index (κ1) is 30.2. The molecule has 0 spiro atoms. The Kier molecular flexibility index (Phi) is 9.19. The highest BCUT2D eigenvalue weighted by molar-refractivity contribution is 5.95. The summed E-state index contributed by atoms with van der Waals surface area (Å²) in [4.78, 5) is 34.7. The summed E-state index contributed by atoms with van der Waals surface area (Å²) in [6.45, 7) is 0.725. The SMILES string of the molecule is CNC(=O)OC1CCC(C(=O)N(CC2CCC(c3ccc(N(C)C)nc3)CC2)c2cccc(-c3cnn(C4CC4)c3)c2)CC1. The Bertz CT molecular complexity index is 1420. The van der Waals surface area contributed by atoms with Gasteiger partial charge < -0.3 is 19.9 Å². The fraction of sp³-hybridized carbons (Fsp3) is 0.543. The number of anilines is 2. The van der Waals surface area contributed by atoms with Gasteiger partial charge in [0, 0.05) is 57.3 Å². The van der Waals surface area contributed by atoms with Crippen molar-refractivity contribution in [1.29, 1.82) is 0 Å². The lowest BCUT2D eigenvalue weighted by Crippen LogP contribution is -2.42. The Morgan fingerprint density at radius 3 is 2.36 bits per heavy atom. The average Bonchev–Trinajstić information content (AvgIpc) is 3.79. The summed E-state index contributed by atoms with van der Waals surface area (Å²) in [6, 6.07) is 13.3. The lowest BCUT2D eigenvalue weighted by Gasteiger charge is -2.36. The summed E-state index contributed by atoms with van der Waals surface area (Å²) in [5.74, 6) is 2.06. The van der Waals surface area contributed by atoms with Gasteiger partial charge in [-0.15, -0.1) is 0 Å². The van der Waals surface area contributed by atoms with Crippen LogP contribution in [0, 0.1) is 11.8 Å². The normalized spacial score (nSPS) is 23.5. The molecule has 234 valence electrons. The van der Waals surface area contributed by atoms with Crippen LogP contribution < -0.4 is 15.1 Å². The molecule has 44 heavy (non-hydrogen) atoms. The number of hydrogen-bond acceptors (Lipinski definition) is 6. The minimum Gasteiger partial charge on any atom is -0.446 e. The van der Waals surface area contributed by atoms with Crippen molar-refractivity contribution < 1.29 is 14.3 Å². The van der Waals surface area contributed by atoms with E-state index in [0.29, 0.717) is 30.7 Å². The zero-order valence-corrected chi connectivity index (χ0v) is 26.3. The molecule has 2 amide bonds. The van der Waals surface area contributed by atoms with Crippen LogP contribution in [0.1, 0.15) is 81.7 Å². The fourth-order valence-corrected chi connectivity index (χ4v) is 6.90. The molecule has 0 saturated heterocycles. The fourth-order valence-electron chi connectivity index (χ4n) is 6.90. The average molecular weight is 599 g/mol. The molecule has 0 aliphatic heterocycles. The van der Waals surface area contributed by atoms with E-state index in [1.807, 2.05) is 31.4 Å². The molecule has 3 aliphatic rings. The smallest absolute Gasteiger partial charge is 0.407 e. The van der Waals surface area contributed by atoms with Crippen molar-refractivity contribution in [1.82, 2.24) is 20.1 Å². The Labute approximate surface area is 261 Å². The van der Waals surface area contributed by atoms with E-state index in [4.69, 9.17) is 4.74 Å². The third kappa shape index (κ3) is 7.08. The highest BCUT2D eigenvalue weighted by Crippen LogP contribution is 2.39. The van der Waals surface area contributed by atoms with Gasteiger partial charge in [0.25, 0.3) is 0 Å². The predicted molar refractivity (Wildman–Crippen MR) is 173 cm³/mol. The van der Waals surface area contributed by atoms with Crippen LogP contribution in [0.2, 0.25) is 0 Å². The number of nitrogens with one attached hydrogen (secondary N) is 1. The molecule has 1 aromatic carbocycles. The Hall–Kier alpha value is -3.88.